The SMILES string of the molecule is CCCCN(C(=O)Cc1cccs1)[C@@H](C(=O)NC1CCCC1)c1ccc(Cl)cc1. The molecule has 4 nitrogen and oxygen atoms in total. The first-order chi connectivity index (χ1) is 14.1. The van der Waals surface area contributed by atoms with Crippen molar-refractivity contribution >= 4 is 34.8 Å². The molecular weight excluding hydrogens is 404 g/mol. The van der Waals surface area contributed by atoms with E-state index in [1.165, 1.54) is 0 Å². The number of carbonyl (C=O) groups is 2. The Morgan fingerprint density at radius 1 is 1.21 bits per heavy atom. The van der Waals surface area contributed by atoms with E-state index in [4.69, 9.17) is 11.6 Å². The number of halogens is 1. The van der Waals surface area contributed by atoms with Gasteiger partial charge in [0.25, 0.3) is 0 Å². The summed E-state index contributed by atoms with van der Waals surface area (Å²) in [6.07, 6.45) is 6.45. The van der Waals surface area contributed by atoms with E-state index in [0.717, 1.165) is 49.0 Å². The minimum atomic E-state index is -0.633. The molecule has 156 valence electrons. The summed E-state index contributed by atoms with van der Waals surface area (Å²) in [4.78, 5) is 29.4. The van der Waals surface area contributed by atoms with Crippen molar-refractivity contribution in [2.24, 2.45) is 0 Å². The van der Waals surface area contributed by atoms with Gasteiger partial charge in [0.1, 0.15) is 6.04 Å². The van der Waals surface area contributed by atoms with E-state index < -0.39 is 6.04 Å². The second kappa shape index (κ2) is 10.8. The molecule has 1 saturated carbocycles. The fourth-order valence-electron chi connectivity index (χ4n) is 3.86. The van der Waals surface area contributed by atoms with Crippen LogP contribution in [0.4, 0.5) is 0 Å². The highest BCUT2D eigenvalue weighted by Crippen LogP contribution is 2.27. The van der Waals surface area contributed by atoms with E-state index in [0.29, 0.717) is 18.0 Å². The molecule has 1 atom stereocenters. The molecule has 0 radical (unpaired) electrons. The minimum absolute atomic E-state index is 0.0116. The molecule has 0 spiro atoms. The summed E-state index contributed by atoms with van der Waals surface area (Å²) >= 11 is 7.65. The van der Waals surface area contributed by atoms with Crippen LogP contribution in [0.3, 0.4) is 0 Å². The number of benzene rings is 1. The molecule has 2 aromatic rings. The maximum atomic E-state index is 13.4. The van der Waals surface area contributed by atoms with Crippen molar-refractivity contribution in [3.8, 4) is 0 Å². The molecule has 3 rings (SSSR count). The summed E-state index contributed by atoms with van der Waals surface area (Å²) in [5.41, 5.74) is 0.806. The van der Waals surface area contributed by atoms with Gasteiger partial charge in [0.05, 0.1) is 6.42 Å². The topological polar surface area (TPSA) is 49.4 Å². The highest BCUT2D eigenvalue weighted by atomic mass is 35.5. The summed E-state index contributed by atoms with van der Waals surface area (Å²) in [6.45, 7) is 2.66. The molecule has 2 amide bonds. The first kappa shape index (κ1) is 21.8. The molecule has 0 aliphatic heterocycles. The number of amides is 2. The molecule has 0 bridgehead atoms. The Balaban J connectivity index is 1.88. The normalized spacial score (nSPS) is 15.2. The van der Waals surface area contributed by atoms with Gasteiger partial charge in [0.15, 0.2) is 0 Å². The van der Waals surface area contributed by atoms with Gasteiger partial charge in [0, 0.05) is 22.5 Å². The minimum Gasteiger partial charge on any atom is -0.351 e. The highest BCUT2D eigenvalue weighted by Gasteiger charge is 2.32. The molecule has 1 aliphatic rings. The van der Waals surface area contributed by atoms with Crippen molar-refractivity contribution in [1.82, 2.24) is 10.2 Å². The molecule has 1 N–H and O–H groups in total. The van der Waals surface area contributed by atoms with Gasteiger partial charge in [-0.25, -0.2) is 0 Å². The van der Waals surface area contributed by atoms with E-state index in [-0.39, 0.29) is 17.9 Å². The number of rotatable bonds is 9. The number of unbranched alkanes of at least 4 members (excludes halogenated alkanes) is 1. The Morgan fingerprint density at radius 3 is 2.55 bits per heavy atom. The molecule has 1 aromatic heterocycles. The average Bonchev–Trinajstić information content (AvgIpc) is 3.40. The Bertz CT molecular complexity index is 786. The van der Waals surface area contributed by atoms with Crippen LogP contribution < -0.4 is 5.32 Å². The third-order valence-electron chi connectivity index (χ3n) is 5.43. The largest absolute Gasteiger partial charge is 0.351 e. The standard InChI is InChI=1S/C23H29ClN2O2S/c1-2-3-14-26(21(27)16-20-9-6-15-29-20)22(17-10-12-18(24)13-11-17)23(28)25-19-7-4-5-8-19/h6,9-13,15,19,22H,2-5,7-8,14,16H2,1H3,(H,25,28)/t22-/m1/s1. The Hall–Kier alpha value is -1.85. The Morgan fingerprint density at radius 2 is 1.93 bits per heavy atom. The van der Waals surface area contributed by atoms with Crippen LogP contribution in [-0.4, -0.2) is 29.3 Å². The molecule has 6 heteroatoms. The van der Waals surface area contributed by atoms with Crippen molar-refractivity contribution in [1.29, 1.82) is 0 Å². The predicted molar refractivity (Wildman–Crippen MR) is 119 cm³/mol. The van der Waals surface area contributed by atoms with Crippen LogP contribution in [0.25, 0.3) is 0 Å². The number of thiophene rings is 1. The summed E-state index contributed by atoms with van der Waals surface area (Å²) < 4.78 is 0. The van der Waals surface area contributed by atoms with Crippen LogP contribution >= 0.6 is 22.9 Å². The zero-order chi connectivity index (χ0) is 20.6. The Kier molecular flexibility index (Phi) is 8.13. The number of hydrogen-bond donors (Lipinski definition) is 1. The van der Waals surface area contributed by atoms with Crippen LogP contribution in [0.5, 0.6) is 0 Å². The highest BCUT2D eigenvalue weighted by molar-refractivity contribution is 7.10. The van der Waals surface area contributed by atoms with Crippen LogP contribution in [0, 0.1) is 0 Å². The summed E-state index contributed by atoms with van der Waals surface area (Å²) in [5.74, 6) is -0.0997. The quantitative estimate of drug-likeness (QED) is 0.578. The smallest absolute Gasteiger partial charge is 0.247 e. The average molecular weight is 433 g/mol. The molecule has 1 aromatic carbocycles. The van der Waals surface area contributed by atoms with Crippen LogP contribution in [0.1, 0.15) is 61.9 Å². The zero-order valence-electron chi connectivity index (χ0n) is 16.9. The van der Waals surface area contributed by atoms with Gasteiger partial charge in [0.2, 0.25) is 11.8 Å². The summed E-state index contributed by atoms with van der Waals surface area (Å²) in [5, 5.41) is 5.79. The van der Waals surface area contributed by atoms with Crippen LogP contribution in [0.15, 0.2) is 41.8 Å². The van der Waals surface area contributed by atoms with Crippen molar-refractivity contribution in [3.05, 3.63) is 57.2 Å². The molecule has 0 unspecified atom stereocenters. The Labute approximate surface area is 182 Å². The lowest BCUT2D eigenvalue weighted by Gasteiger charge is -2.32. The van der Waals surface area contributed by atoms with Crippen molar-refractivity contribution < 1.29 is 9.59 Å². The fraction of sp³-hybridized carbons (Fsp3) is 0.478. The maximum absolute atomic E-state index is 13.4. The lowest BCUT2D eigenvalue weighted by atomic mass is 10.0. The second-order valence-corrected chi connectivity index (χ2v) is 9.11. The van der Waals surface area contributed by atoms with Gasteiger partial charge in [-0.2, -0.15) is 0 Å². The van der Waals surface area contributed by atoms with Gasteiger partial charge in [-0.15, -0.1) is 11.3 Å². The van der Waals surface area contributed by atoms with Crippen molar-refractivity contribution in [2.75, 3.05) is 6.54 Å². The summed E-state index contributed by atoms with van der Waals surface area (Å²) in [7, 11) is 0. The number of nitrogens with one attached hydrogen (secondary N) is 1. The lowest BCUT2D eigenvalue weighted by molar-refractivity contribution is -0.140. The first-order valence-electron chi connectivity index (χ1n) is 10.5. The number of carbonyl (C=O) groups excluding carboxylic acids is 2. The van der Waals surface area contributed by atoms with Gasteiger partial charge in [-0.3, -0.25) is 9.59 Å². The third kappa shape index (κ3) is 6.06. The lowest BCUT2D eigenvalue weighted by Crippen LogP contribution is -2.46. The van der Waals surface area contributed by atoms with E-state index in [1.54, 1.807) is 28.4 Å². The van der Waals surface area contributed by atoms with Gasteiger partial charge in [-0.05, 0) is 48.4 Å². The molecule has 1 heterocycles. The molecule has 0 saturated heterocycles. The molecule has 29 heavy (non-hydrogen) atoms. The maximum Gasteiger partial charge on any atom is 0.247 e. The van der Waals surface area contributed by atoms with E-state index >= 15 is 0 Å². The third-order valence-corrected chi connectivity index (χ3v) is 6.55. The number of hydrogen-bond acceptors (Lipinski definition) is 3. The van der Waals surface area contributed by atoms with E-state index in [1.807, 2.05) is 29.6 Å². The second-order valence-electron chi connectivity index (χ2n) is 7.64. The monoisotopic (exact) mass is 432 g/mol. The molecule has 1 aliphatic carbocycles. The van der Waals surface area contributed by atoms with Crippen molar-refractivity contribution in [3.63, 3.8) is 0 Å². The van der Waals surface area contributed by atoms with E-state index in [9.17, 15) is 9.59 Å². The van der Waals surface area contributed by atoms with E-state index in [2.05, 4.69) is 12.2 Å². The fourth-order valence-corrected chi connectivity index (χ4v) is 4.68. The van der Waals surface area contributed by atoms with Gasteiger partial charge >= 0.3 is 0 Å². The first-order valence-corrected chi connectivity index (χ1v) is 11.7. The molecular formula is C23H29ClN2O2S. The number of nitrogens with zero attached hydrogens (tertiary/aromatic N) is 1. The van der Waals surface area contributed by atoms with Crippen molar-refractivity contribution in [2.45, 2.75) is 64.0 Å². The molecule has 1 fully saturated rings. The summed E-state index contributed by atoms with van der Waals surface area (Å²) in [6, 6.07) is 10.8. The van der Waals surface area contributed by atoms with Crippen LogP contribution in [0.2, 0.25) is 5.02 Å². The zero-order valence-corrected chi connectivity index (χ0v) is 18.5. The van der Waals surface area contributed by atoms with Crippen LogP contribution in [-0.2, 0) is 16.0 Å². The van der Waals surface area contributed by atoms with Gasteiger partial charge in [-0.1, -0.05) is 56.0 Å². The predicted octanol–water partition coefficient (Wildman–Crippen LogP) is 5.37. The van der Waals surface area contributed by atoms with Gasteiger partial charge < -0.3 is 10.2 Å².